The summed E-state index contributed by atoms with van der Waals surface area (Å²) < 4.78 is -0.256. The van der Waals surface area contributed by atoms with Gasteiger partial charge in [-0.25, -0.2) is 4.79 Å². The van der Waals surface area contributed by atoms with E-state index >= 15 is 0 Å². The fourth-order valence-electron chi connectivity index (χ4n) is 1.06. The molecule has 0 spiro atoms. The van der Waals surface area contributed by atoms with E-state index in [1.54, 1.807) is 0 Å². The Hall–Kier alpha value is -0.100. The second-order valence-corrected chi connectivity index (χ2v) is 5.59. The fourth-order valence-corrected chi connectivity index (χ4v) is 2.35. The number of imide groups is 1. The molecule has 0 saturated carbocycles. The molecule has 1 saturated heterocycles. The molecule has 0 aromatic heterocycles. The topological polar surface area (TPSA) is 58.2 Å². The lowest BCUT2D eigenvalue weighted by Crippen LogP contribution is -2.51. The van der Waals surface area contributed by atoms with Gasteiger partial charge in [0.15, 0.2) is 0 Å². The van der Waals surface area contributed by atoms with Crippen LogP contribution in [0, 0.1) is 0 Å². The normalized spacial score (nSPS) is 29.0. The van der Waals surface area contributed by atoms with E-state index in [4.69, 9.17) is 0 Å². The molecule has 6 heteroatoms. The van der Waals surface area contributed by atoms with Gasteiger partial charge in [-0.05, 0) is 6.42 Å². The van der Waals surface area contributed by atoms with Gasteiger partial charge in [-0.2, -0.15) is 0 Å². The SMILES string of the molecule is CCC1(C(Br)Br)NC(=O)NC1=O. The molecule has 0 aromatic rings. The average molecular weight is 300 g/mol. The summed E-state index contributed by atoms with van der Waals surface area (Å²) >= 11 is 6.46. The molecule has 68 valence electrons. The highest BCUT2D eigenvalue weighted by atomic mass is 79.9. The van der Waals surface area contributed by atoms with Gasteiger partial charge in [-0.15, -0.1) is 0 Å². The van der Waals surface area contributed by atoms with Gasteiger partial charge < -0.3 is 5.32 Å². The molecule has 4 nitrogen and oxygen atoms in total. The smallest absolute Gasteiger partial charge is 0.321 e. The zero-order chi connectivity index (χ0) is 9.35. The fraction of sp³-hybridized carbons (Fsp3) is 0.667. The summed E-state index contributed by atoms with van der Waals surface area (Å²) in [5.74, 6) is -0.297. The molecule has 0 bridgehead atoms. The van der Waals surface area contributed by atoms with Crippen molar-refractivity contribution in [1.82, 2.24) is 10.6 Å². The molecule has 1 rings (SSSR count). The summed E-state index contributed by atoms with van der Waals surface area (Å²) in [7, 11) is 0. The van der Waals surface area contributed by atoms with Crippen LogP contribution in [-0.2, 0) is 4.79 Å². The van der Waals surface area contributed by atoms with Crippen LogP contribution in [0.1, 0.15) is 13.3 Å². The third-order valence-corrected chi connectivity index (χ3v) is 3.46. The minimum absolute atomic E-state index is 0.256. The Labute approximate surface area is 86.7 Å². The Balaban J connectivity index is 2.94. The van der Waals surface area contributed by atoms with Crippen molar-refractivity contribution in [3.63, 3.8) is 0 Å². The molecule has 0 aromatic carbocycles. The number of carbonyl (C=O) groups excluding carboxylic acids is 2. The van der Waals surface area contributed by atoms with Crippen molar-refractivity contribution in [1.29, 1.82) is 0 Å². The first kappa shape index (κ1) is 9.98. The summed E-state index contributed by atoms with van der Waals surface area (Å²) in [6.45, 7) is 1.83. The van der Waals surface area contributed by atoms with E-state index in [2.05, 4.69) is 42.5 Å². The average Bonchev–Trinajstić information content (AvgIpc) is 2.26. The Morgan fingerprint density at radius 2 is 2.08 bits per heavy atom. The lowest BCUT2D eigenvalue weighted by molar-refractivity contribution is -0.123. The second-order valence-electron chi connectivity index (χ2n) is 2.53. The molecular weight excluding hydrogens is 292 g/mol. The number of hydrogen-bond acceptors (Lipinski definition) is 2. The van der Waals surface area contributed by atoms with Crippen LogP contribution < -0.4 is 10.6 Å². The minimum Gasteiger partial charge on any atom is -0.321 e. The van der Waals surface area contributed by atoms with Gasteiger partial charge in [0.1, 0.15) is 9.28 Å². The lowest BCUT2D eigenvalue weighted by Gasteiger charge is -2.25. The third-order valence-electron chi connectivity index (χ3n) is 1.90. The Morgan fingerprint density at radius 3 is 2.25 bits per heavy atom. The first-order valence-corrected chi connectivity index (χ1v) is 5.28. The van der Waals surface area contributed by atoms with Gasteiger partial charge >= 0.3 is 6.03 Å². The molecule has 1 unspecified atom stereocenters. The minimum atomic E-state index is -0.850. The predicted molar refractivity (Wildman–Crippen MR) is 51.3 cm³/mol. The van der Waals surface area contributed by atoms with E-state index in [0.717, 1.165) is 0 Å². The van der Waals surface area contributed by atoms with Gasteiger partial charge in [0.05, 0.1) is 0 Å². The van der Waals surface area contributed by atoms with E-state index in [1.807, 2.05) is 6.92 Å². The van der Waals surface area contributed by atoms with Crippen molar-refractivity contribution in [2.75, 3.05) is 0 Å². The first-order valence-electron chi connectivity index (χ1n) is 3.44. The molecule has 1 fully saturated rings. The molecule has 1 aliphatic heterocycles. The summed E-state index contributed by atoms with van der Waals surface area (Å²) in [5, 5.41) is 4.76. The van der Waals surface area contributed by atoms with Gasteiger partial charge in [0.2, 0.25) is 0 Å². The zero-order valence-corrected chi connectivity index (χ0v) is 9.53. The molecule has 3 amide bonds. The van der Waals surface area contributed by atoms with Crippen molar-refractivity contribution in [3.8, 4) is 0 Å². The van der Waals surface area contributed by atoms with Crippen molar-refractivity contribution >= 4 is 43.8 Å². The van der Waals surface area contributed by atoms with Crippen LogP contribution in [0.15, 0.2) is 0 Å². The second kappa shape index (κ2) is 3.33. The van der Waals surface area contributed by atoms with Crippen LogP contribution in [0.4, 0.5) is 4.79 Å². The van der Waals surface area contributed by atoms with Crippen molar-refractivity contribution in [2.24, 2.45) is 0 Å². The highest BCUT2D eigenvalue weighted by Crippen LogP contribution is 2.29. The summed E-state index contributed by atoms with van der Waals surface area (Å²) in [5.41, 5.74) is -0.850. The number of rotatable bonds is 2. The van der Waals surface area contributed by atoms with Crippen molar-refractivity contribution < 1.29 is 9.59 Å². The number of hydrogen-bond donors (Lipinski definition) is 2. The molecule has 1 atom stereocenters. The monoisotopic (exact) mass is 298 g/mol. The standard InChI is InChI=1S/C6H8Br2N2O2/c1-2-6(3(7)8)4(11)9-5(12)10-6/h3H,2H2,1H3,(H2,9,10,11,12). The maximum absolute atomic E-state index is 11.3. The number of carbonyl (C=O) groups is 2. The molecule has 0 aliphatic carbocycles. The zero-order valence-electron chi connectivity index (χ0n) is 6.36. The van der Waals surface area contributed by atoms with Crippen LogP contribution >= 0.6 is 31.9 Å². The van der Waals surface area contributed by atoms with E-state index in [1.165, 1.54) is 0 Å². The Kier molecular flexibility index (Phi) is 2.77. The quantitative estimate of drug-likeness (QED) is 0.592. The predicted octanol–water partition coefficient (Wildman–Crippen LogP) is 1.09. The molecule has 0 radical (unpaired) electrons. The summed E-state index contributed by atoms with van der Waals surface area (Å²) in [6, 6.07) is -0.439. The van der Waals surface area contributed by atoms with Crippen LogP contribution in [0.2, 0.25) is 0 Å². The highest BCUT2D eigenvalue weighted by Gasteiger charge is 2.48. The summed E-state index contributed by atoms with van der Waals surface area (Å²) in [6.07, 6.45) is 0.533. The molecule has 1 aliphatic rings. The number of halogens is 2. The largest absolute Gasteiger partial charge is 0.322 e. The van der Waals surface area contributed by atoms with Crippen LogP contribution in [0.25, 0.3) is 0 Å². The highest BCUT2D eigenvalue weighted by molar-refractivity contribution is 9.24. The molecule has 1 heterocycles. The van der Waals surface area contributed by atoms with Crippen LogP contribution in [-0.4, -0.2) is 21.2 Å². The van der Waals surface area contributed by atoms with E-state index < -0.39 is 11.6 Å². The van der Waals surface area contributed by atoms with Crippen molar-refractivity contribution in [2.45, 2.75) is 22.6 Å². The number of nitrogens with one attached hydrogen (secondary N) is 2. The van der Waals surface area contributed by atoms with Crippen LogP contribution in [0.3, 0.4) is 0 Å². The number of alkyl halides is 2. The maximum atomic E-state index is 11.3. The third kappa shape index (κ3) is 1.37. The Bertz CT molecular complexity index is 232. The van der Waals surface area contributed by atoms with Crippen LogP contribution in [0.5, 0.6) is 0 Å². The van der Waals surface area contributed by atoms with Gasteiger partial charge in [-0.3, -0.25) is 10.1 Å². The Morgan fingerprint density at radius 1 is 1.50 bits per heavy atom. The maximum Gasteiger partial charge on any atom is 0.322 e. The number of amides is 3. The lowest BCUT2D eigenvalue weighted by atomic mass is 10.00. The van der Waals surface area contributed by atoms with E-state index in [9.17, 15) is 9.59 Å². The van der Waals surface area contributed by atoms with E-state index in [0.29, 0.717) is 6.42 Å². The first-order chi connectivity index (χ1) is 5.53. The van der Waals surface area contributed by atoms with Gasteiger partial charge in [-0.1, -0.05) is 38.8 Å². The van der Waals surface area contributed by atoms with Gasteiger partial charge in [0, 0.05) is 0 Å². The number of urea groups is 1. The molecule has 2 N–H and O–H groups in total. The molecular formula is C6H8Br2N2O2. The van der Waals surface area contributed by atoms with Gasteiger partial charge in [0.25, 0.3) is 5.91 Å². The summed E-state index contributed by atoms with van der Waals surface area (Å²) in [4.78, 5) is 22.2. The van der Waals surface area contributed by atoms with E-state index in [-0.39, 0.29) is 9.64 Å². The van der Waals surface area contributed by atoms with Crippen molar-refractivity contribution in [3.05, 3.63) is 0 Å². The molecule has 12 heavy (non-hydrogen) atoms.